The number of likely N-dealkylation sites (N-methyl/N-ethyl adjacent to an activating group) is 1. The highest BCUT2D eigenvalue weighted by Crippen LogP contribution is 2.30. The molecule has 6 nitrogen and oxygen atoms in total. The Morgan fingerprint density at radius 1 is 1.38 bits per heavy atom. The molecule has 114 valence electrons. The molecule has 2 aromatic rings. The Hall–Kier alpha value is -1.31. The van der Waals surface area contributed by atoms with E-state index in [0.717, 1.165) is 36.2 Å². The lowest BCUT2D eigenvalue weighted by atomic mass is 9.98. The summed E-state index contributed by atoms with van der Waals surface area (Å²) in [4.78, 5) is 11.4. The van der Waals surface area contributed by atoms with Gasteiger partial charge in [-0.3, -0.25) is 4.90 Å². The number of nitrogens with one attached hydrogen (secondary N) is 1. The van der Waals surface area contributed by atoms with Gasteiger partial charge < -0.3 is 9.84 Å². The zero-order valence-corrected chi connectivity index (χ0v) is 13.7. The van der Waals surface area contributed by atoms with Crippen molar-refractivity contribution in [1.82, 2.24) is 25.3 Å². The molecule has 3 heterocycles. The summed E-state index contributed by atoms with van der Waals surface area (Å²) in [5.74, 6) is 1.24. The van der Waals surface area contributed by atoms with Gasteiger partial charge in [-0.15, -0.1) is 11.3 Å². The molecular weight excluding hydrogens is 286 g/mol. The summed E-state index contributed by atoms with van der Waals surface area (Å²) in [6.07, 6.45) is 0. The number of piperazine rings is 1. The van der Waals surface area contributed by atoms with Crippen LogP contribution in [0.25, 0.3) is 11.6 Å². The average Bonchev–Trinajstić information content (AvgIpc) is 3.07. The quantitative estimate of drug-likeness (QED) is 0.916. The fourth-order valence-electron chi connectivity index (χ4n) is 2.28. The van der Waals surface area contributed by atoms with Crippen molar-refractivity contribution in [3.05, 3.63) is 16.2 Å². The predicted octanol–water partition coefficient (Wildman–Crippen LogP) is 2.07. The third-order valence-electron chi connectivity index (χ3n) is 3.62. The molecule has 7 heteroatoms. The molecule has 0 spiro atoms. The molecule has 1 aliphatic heterocycles. The summed E-state index contributed by atoms with van der Waals surface area (Å²) in [6.45, 7) is 9.28. The number of aromatic nitrogens is 3. The number of nitrogens with zero attached hydrogens (tertiary/aromatic N) is 4. The Morgan fingerprint density at radius 2 is 2.19 bits per heavy atom. The Bertz CT molecular complexity index is 615. The van der Waals surface area contributed by atoms with Gasteiger partial charge in [-0.1, -0.05) is 25.9 Å². The summed E-state index contributed by atoms with van der Waals surface area (Å²) < 4.78 is 5.41. The highest BCUT2D eigenvalue weighted by molar-refractivity contribution is 7.10. The van der Waals surface area contributed by atoms with Crippen LogP contribution in [0.3, 0.4) is 0 Å². The van der Waals surface area contributed by atoms with Crippen molar-refractivity contribution in [2.75, 3.05) is 26.7 Å². The van der Waals surface area contributed by atoms with E-state index in [1.165, 1.54) is 0 Å². The number of thiazole rings is 1. The second-order valence-corrected chi connectivity index (χ2v) is 7.30. The highest BCUT2D eigenvalue weighted by atomic mass is 32.1. The third-order valence-corrected chi connectivity index (χ3v) is 4.88. The topological polar surface area (TPSA) is 67.1 Å². The van der Waals surface area contributed by atoms with Gasteiger partial charge in [0.05, 0.1) is 11.0 Å². The van der Waals surface area contributed by atoms with Gasteiger partial charge in [-0.25, -0.2) is 4.98 Å². The third kappa shape index (κ3) is 3.00. The first-order valence-electron chi connectivity index (χ1n) is 7.16. The number of rotatable bonds is 2. The maximum Gasteiger partial charge on any atom is 0.277 e. The summed E-state index contributed by atoms with van der Waals surface area (Å²) in [5, 5.41) is 10.6. The molecule has 1 unspecified atom stereocenters. The normalized spacial score (nSPS) is 20.9. The monoisotopic (exact) mass is 307 g/mol. The van der Waals surface area contributed by atoms with Crippen LogP contribution in [0.15, 0.2) is 9.90 Å². The Kier molecular flexibility index (Phi) is 3.81. The number of hydrogen-bond donors (Lipinski definition) is 1. The molecule has 0 aliphatic carbocycles. The van der Waals surface area contributed by atoms with Crippen LogP contribution < -0.4 is 5.32 Å². The van der Waals surface area contributed by atoms with E-state index in [-0.39, 0.29) is 11.5 Å². The maximum absolute atomic E-state index is 5.41. The summed E-state index contributed by atoms with van der Waals surface area (Å²) in [5.41, 5.74) is 0.814. The molecule has 2 aromatic heterocycles. The van der Waals surface area contributed by atoms with Gasteiger partial charge in [0.1, 0.15) is 5.69 Å². The van der Waals surface area contributed by atoms with Gasteiger partial charge in [0, 0.05) is 30.4 Å². The molecule has 0 aromatic carbocycles. The first-order chi connectivity index (χ1) is 9.95. The predicted molar refractivity (Wildman–Crippen MR) is 82.3 cm³/mol. The molecule has 0 bridgehead atoms. The van der Waals surface area contributed by atoms with E-state index in [2.05, 4.69) is 53.2 Å². The fourth-order valence-corrected chi connectivity index (χ4v) is 3.17. The Labute approximate surface area is 128 Å². The van der Waals surface area contributed by atoms with Gasteiger partial charge in [-0.2, -0.15) is 4.98 Å². The molecule has 1 N–H and O–H groups in total. The van der Waals surface area contributed by atoms with E-state index < -0.39 is 0 Å². The molecule has 0 amide bonds. The van der Waals surface area contributed by atoms with Gasteiger partial charge >= 0.3 is 0 Å². The van der Waals surface area contributed by atoms with E-state index in [4.69, 9.17) is 4.52 Å². The van der Waals surface area contributed by atoms with Gasteiger partial charge in [0.15, 0.2) is 5.82 Å². The van der Waals surface area contributed by atoms with Crippen molar-refractivity contribution < 1.29 is 4.52 Å². The van der Waals surface area contributed by atoms with Crippen LogP contribution in [0.4, 0.5) is 0 Å². The van der Waals surface area contributed by atoms with Crippen LogP contribution in [0.1, 0.15) is 37.6 Å². The van der Waals surface area contributed by atoms with Crippen molar-refractivity contribution in [2.24, 2.45) is 0 Å². The molecule has 1 atom stereocenters. The minimum absolute atomic E-state index is 0.0409. The van der Waals surface area contributed by atoms with Crippen molar-refractivity contribution >= 4 is 11.3 Å². The smallest absolute Gasteiger partial charge is 0.277 e. The minimum Gasteiger partial charge on any atom is -0.332 e. The second kappa shape index (κ2) is 5.47. The van der Waals surface area contributed by atoms with Crippen LogP contribution in [0.5, 0.6) is 0 Å². The molecule has 3 rings (SSSR count). The van der Waals surface area contributed by atoms with Crippen LogP contribution in [-0.4, -0.2) is 46.7 Å². The highest BCUT2D eigenvalue weighted by Gasteiger charge is 2.26. The van der Waals surface area contributed by atoms with E-state index in [1.807, 2.05) is 5.38 Å². The standard InChI is InChI=1S/C14H21N5OS/c1-14(2,3)13-16-9(8-21-13)12-17-11(18-20-12)10-7-15-5-6-19(10)4/h8,10,15H,5-7H2,1-4H3. The van der Waals surface area contributed by atoms with Crippen LogP contribution in [0, 0.1) is 0 Å². The molecule has 1 aliphatic rings. The first kappa shape index (κ1) is 14.6. The average molecular weight is 307 g/mol. The lowest BCUT2D eigenvalue weighted by Gasteiger charge is -2.30. The fraction of sp³-hybridized carbons (Fsp3) is 0.643. The van der Waals surface area contributed by atoms with Crippen LogP contribution in [0.2, 0.25) is 0 Å². The van der Waals surface area contributed by atoms with Crippen molar-refractivity contribution in [1.29, 1.82) is 0 Å². The maximum atomic E-state index is 5.41. The van der Waals surface area contributed by atoms with Gasteiger partial charge in [0.2, 0.25) is 0 Å². The molecule has 1 saturated heterocycles. The largest absolute Gasteiger partial charge is 0.332 e. The molecule has 0 radical (unpaired) electrons. The summed E-state index contributed by atoms with van der Waals surface area (Å²) >= 11 is 1.64. The zero-order valence-electron chi connectivity index (χ0n) is 12.9. The lowest BCUT2D eigenvalue weighted by molar-refractivity contribution is 0.190. The van der Waals surface area contributed by atoms with Gasteiger partial charge in [-0.05, 0) is 7.05 Å². The van der Waals surface area contributed by atoms with Crippen molar-refractivity contribution in [2.45, 2.75) is 32.2 Å². The van der Waals surface area contributed by atoms with E-state index >= 15 is 0 Å². The zero-order chi connectivity index (χ0) is 15.0. The second-order valence-electron chi connectivity index (χ2n) is 6.45. The van der Waals surface area contributed by atoms with E-state index in [0.29, 0.717) is 5.89 Å². The van der Waals surface area contributed by atoms with E-state index in [1.54, 1.807) is 11.3 Å². The summed E-state index contributed by atoms with van der Waals surface area (Å²) in [7, 11) is 2.09. The summed E-state index contributed by atoms with van der Waals surface area (Å²) in [6, 6.07) is 0.164. The minimum atomic E-state index is 0.0409. The molecule has 1 fully saturated rings. The van der Waals surface area contributed by atoms with Gasteiger partial charge in [0.25, 0.3) is 5.89 Å². The SMILES string of the molecule is CN1CCNCC1c1noc(-c2csc(C(C)(C)C)n2)n1. The van der Waals surface area contributed by atoms with Crippen molar-refractivity contribution in [3.8, 4) is 11.6 Å². The first-order valence-corrected chi connectivity index (χ1v) is 8.04. The molecular formula is C14H21N5OS. The van der Waals surface area contributed by atoms with E-state index in [9.17, 15) is 0 Å². The van der Waals surface area contributed by atoms with Crippen LogP contribution in [-0.2, 0) is 5.41 Å². The molecule has 21 heavy (non-hydrogen) atoms. The van der Waals surface area contributed by atoms with Crippen LogP contribution >= 0.6 is 11.3 Å². The lowest BCUT2D eigenvalue weighted by Crippen LogP contribution is -2.44. The Morgan fingerprint density at radius 3 is 2.86 bits per heavy atom. The Balaban J connectivity index is 1.83. The molecule has 0 saturated carbocycles. The number of hydrogen-bond acceptors (Lipinski definition) is 7. The van der Waals surface area contributed by atoms with Crippen molar-refractivity contribution in [3.63, 3.8) is 0 Å².